The van der Waals surface area contributed by atoms with Crippen LogP contribution < -0.4 is 14.4 Å². The molecule has 2 heterocycles. The van der Waals surface area contributed by atoms with Gasteiger partial charge in [0.2, 0.25) is 5.91 Å². The fraction of sp³-hybridized carbons (Fsp3) is 0.318. The third-order valence-corrected chi connectivity index (χ3v) is 5.22. The number of ether oxygens (including phenoxy) is 2. The summed E-state index contributed by atoms with van der Waals surface area (Å²) in [4.78, 5) is 18.9. The molecule has 7 nitrogen and oxygen atoms in total. The van der Waals surface area contributed by atoms with Crippen molar-refractivity contribution in [3.63, 3.8) is 0 Å². The predicted molar refractivity (Wildman–Crippen MR) is 108 cm³/mol. The lowest BCUT2D eigenvalue weighted by Gasteiger charge is -2.16. The largest absolute Gasteiger partial charge is 0.493 e. The van der Waals surface area contributed by atoms with Crippen molar-refractivity contribution < 1.29 is 18.8 Å². The van der Waals surface area contributed by atoms with E-state index < -0.39 is 0 Å². The molecule has 0 bridgehead atoms. The van der Waals surface area contributed by atoms with Crippen molar-refractivity contribution >= 4 is 11.6 Å². The molecule has 0 spiro atoms. The summed E-state index contributed by atoms with van der Waals surface area (Å²) in [6.45, 7) is 2.63. The van der Waals surface area contributed by atoms with Crippen LogP contribution in [0.3, 0.4) is 0 Å². The van der Waals surface area contributed by atoms with E-state index >= 15 is 0 Å². The Bertz CT molecular complexity index is 1010. The molecule has 2 aromatic carbocycles. The summed E-state index contributed by atoms with van der Waals surface area (Å²) in [5.74, 6) is 1.92. The molecule has 1 amide bonds. The minimum atomic E-state index is -0.123. The fourth-order valence-corrected chi connectivity index (χ4v) is 3.61. The molecule has 1 fully saturated rings. The lowest BCUT2D eigenvalue weighted by atomic mass is 10.1. The van der Waals surface area contributed by atoms with Crippen molar-refractivity contribution in [2.45, 2.75) is 25.7 Å². The maximum Gasteiger partial charge on any atom is 0.261 e. The Kier molecular flexibility index (Phi) is 5.20. The van der Waals surface area contributed by atoms with E-state index in [2.05, 4.69) is 29.2 Å². The summed E-state index contributed by atoms with van der Waals surface area (Å²) < 4.78 is 16.3. The number of nitrogens with zero attached hydrogens (tertiary/aromatic N) is 3. The zero-order chi connectivity index (χ0) is 20.4. The highest BCUT2D eigenvalue weighted by molar-refractivity contribution is 5.96. The first-order chi connectivity index (χ1) is 14.1. The molecule has 1 aliphatic rings. The molecule has 150 valence electrons. The molecule has 4 rings (SSSR count). The third kappa shape index (κ3) is 3.55. The van der Waals surface area contributed by atoms with Gasteiger partial charge in [0.1, 0.15) is 0 Å². The van der Waals surface area contributed by atoms with Gasteiger partial charge >= 0.3 is 0 Å². The number of benzene rings is 2. The molecule has 0 unspecified atom stereocenters. The number of rotatable bonds is 6. The highest BCUT2D eigenvalue weighted by Gasteiger charge is 2.35. The van der Waals surface area contributed by atoms with Crippen molar-refractivity contribution in [2.75, 3.05) is 25.7 Å². The summed E-state index contributed by atoms with van der Waals surface area (Å²) >= 11 is 0. The summed E-state index contributed by atoms with van der Waals surface area (Å²) in [6, 6.07) is 13.6. The number of anilines is 1. The normalized spacial score (nSPS) is 16.3. The maximum absolute atomic E-state index is 12.6. The Morgan fingerprint density at radius 2 is 1.93 bits per heavy atom. The van der Waals surface area contributed by atoms with E-state index in [1.807, 2.05) is 24.3 Å². The Balaban J connectivity index is 1.57. The van der Waals surface area contributed by atoms with Crippen LogP contribution in [0.15, 0.2) is 47.0 Å². The van der Waals surface area contributed by atoms with E-state index in [1.54, 1.807) is 25.2 Å². The maximum atomic E-state index is 12.6. The Morgan fingerprint density at radius 1 is 1.14 bits per heavy atom. The topological polar surface area (TPSA) is 77.7 Å². The van der Waals surface area contributed by atoms with Gasteiger partial charge in [-0.05, 0) is 36.2 Å². The standard InChI is InChI=1S/C22H23N3O4/c1-4-14-8-10-16(11-9-14)25-13-15(12-19(25)26)21-23-22(29-24-21)17-6-5-7-18(27-2)20(17)28-3/h5-11,15H,4,12-13H2,1-3H3/t15-/m1/s1. The summed E-state index contributed by atoms with van der Waals surface area (Å²) in [5, 5.41) is 4.13. The molecule has 1 aromatic heterocycles. The van der Waals surface area contributed by atoms with Gasteiger partial charge in [0.05, 0.1) is 19.8 Å². The molecule has 0 aliphatic carbocycles. The second-order valence-corrected chi connectivity index (χ2v) is 6.92. The van der Waals surface area contributed by atoms with Crippen LogP contribution in [0.5, 0.6) is 11.5 Å². The van der Waals surface area contributed by atoms with E-state index in [9.17, 15) is 4.79 Å². The van der Waals surface area contributed by atoms with E-state index in [0.29, 0.717) is 41.7 Å². The molecule has 0 radical (unpaired) electrons. The van der Waals surface area contributed by atoms with Gasteiger partial charge in [-0.1, -0.05) is 30.3 Å². The molecule has 1 saturated heterocycles. The lowest BCUT2D eigenvalue weighted by molar-refractivity contribution is -0.117. The molecule has 7 heteroatoms. The van der Waals surface area contributed by atoms with Crippen LogP contribution in [0.25, 0.3) is 11.5 Å². The van der Waals surface area contributed by atoms with Gasteiger partial charge in [-0.25, -0.2) is 0 Å². The van der Waals surface area contributed by atoms with Crippen LogP contribution in [-0.4, -0.2) is 36.8 Å². The van der Waals surface area contributed by atoms with Crippen molar-refractivity contribution in [3.05, 3.63) is 53.9 Å². The zero-order valence-electron chi connectivity index (χ0n) is 16.7. The molecular formula is C22H23N3O4. The number of hydrogen-bond acceptors (Lipinski definition) is 6. The number of para-hydroxylation sites is 1. The number of aryl methyl sites for hydroxylation is 1. The molecule has 29 heavy (non-hydrogen) atoms. The minimum Gasteiger partial charge on any atom is -0.493 e. The molecule has 1 atom stereocenters. The highest BCUT2D eigenvalue weighted by atomic mass is 16.5. The van der Waals surface area contributed by atoms with E-state index in [1.165, 1.54) is 5.56 Å². The van der Waals surface area contributed by atoms with Crippen molar-refractivity contribution in [3.8, 4) is 23.0 Å². The molecule has 3 aromatic rings. The van der Waals surface area contributed by atoms with E-state index in [-0.39, 0.29) is 11.8 Å². The third-order valence-electron chi connectivity index (χ3n) is 5.22. The Hall–Kier alpha value is -3.35. The van der Waals surface area contributed by atoms with Crippen LogP contribution in [-0.2, 0) is 11.2 Å². The smallest absolute Gasteiger partial charge is 0.261 e. The van der Waals surface area contributed by atoms with Gasteiger partial charge < -0.3 is 18.9 Å². The van der Waals surface area contributed by atoms with Gasteiger partial charge in [-0.3, -0.25) is 4.79 Å². The molecule has 0 saturated carbocycles. The van der Waals surface area contributed by atoms with Crippen LogP contribution in [0, 0.1) is 0 Å². The van der Waals surface area contributed by atoms with E-state index in [4.69, 9.17) is 14.0 Å². The minimum absolute atomic E-state index is 0.0598. The Morgan fingerprint density at radius 3 is 2.62 bits per heavy atom. The summed E-state index contributed by atoms with van der Waals surface area (Å²) in [6.07, 6.45) is 1.32. The Labute approximate surface area is 169 Å². The first-order valence-corrected chi connectivity index (χ1v) is 9.58. The second kappa shape index (κ2) is 7.95. The molecule has 0 N–H and O–H groups in total. The van der Waals surface area contributed by atoms with Crippen LogP contribution in [0.1, 0.15) is 30.7 Å². The quantitative estimate of drug-likeness (QED) is 0.633. The molecular weight excluding hydrogens is 370 g/mol. The average molecular weight is 393 g/mol. The number of amides is 1. The number of methoxy groups -OCH3 is 2. The fourth-order valence-electron chi connectivity index (χ4n) is 3.61. The van der Waals surface area contributed by atoms with Gasteiger partial charge in [-0.15, -0.1) is 0 Å². The second-order valence-electron chi connectivity index (χ2n) is 6.92. The predicted octanol–water partition coefficient (Wildman–Crippen LogP) is 3.84. The number of carbonyl (C=O) groups excluding carboxylic acids is 1. The van der Waals surface area contributed by atoms with Crippen LogP contribution in [0.4, 0.5) is 5.69 Å². The first kappa shape index (κ1) is 19.0. The zero-order valence-corrected chi connectivity index (χ0v) is 16.7. The number of carbonyl (C=O) groups is 1. The average Bonchev–Trinajstić information content (AvgIpc) is 3.40. The van der Waals surface area contributed by atoms with Crippen molar-refractivity contribution in [2.24, 2.45) is 0 Å². The summed E-state index contributed by atoms with van der Waals surface area (Å²) in [7, 11) is 3.14. The van der Waals surface area contributed by atoms with Crippen molar-refractivity contribution in [1.82, 2.24) is 10.1 Å². The van der Waals surface area contributed by atoms with Crippen molar-refractivity contribution in [1.29, 1.82) is 0 Å². The number of hydrogen-bond donors (Lipinski definition) is 0. The first-order valence-electron chi connectivity index (χ1n) is 9.58. The van der Waals surface area contributed by atoms with Gasteiger partial charge in [-0.2, -0.15) is 4.98 Å². The van der Waals surface area contributed by atoms with Crippen LogP contribution >= 0.6 is 0 Å². The van der Waals surface area contributed by atoms with Gasteiger partial charge in [0, 0.05) is 24.6 Å². The SMILES string of the molecule is CCc1ccc(N2C[C@H](c3noc(-c4cccc(OC)c4OC)n3)CC2=O)cc1. The number of aromatic nitrogens is 2. The summed E-state index contributed by atoms with van der Waals surface area (Å²) in [5.41, 5.74) is 2.79. The van der Waals surface area contributed by atoms with Gasteiger partial charge in [0.15, 0.2) is 17.3 Å². The molecule has 1 aliphatic heterocycles. The highest BCUT2D eigenvalue weighted by Crippen LogP contribution is 2.38. The van der Waals surface area contributed by atoms with Gasteiger partial charge in [0.25, 0.3) is 5.89 Å². The lowest BCUT2D eigenvalue weighted by Crippen LogP contribution is -2.24. The van der Waals surface area contributed by atoms with E-state index in [0.717, 1.165) is 12.1 Å². The monoisotopic (exact) mass is 393 g/mol. The van der Waals surface area contributed by atoms with Crippen LogP contribution in [0.2, 0.25) is 0 Å².